The van der Waals surface area contributed by atoms with Crippen molar-refractivity contribution >= 4 is 5.91 Å². The molecule has 1 aromatic heterocycles. The molecular formula is C23H21F4N3O. The first-order chi connectivity index (χ1) is 14.8. The summed E-state index contributed by atoms with van der Waals surface area (Å²) in [7, 11) is 0. The predicted molar refractivity (Wildman–Crippen MR) is 107 cm³/mol. The van der Waals surface area contributed by atoms with E-state index in [1.807, 2.05) is 4.57 Å². The number of imidazole rings is 1. The van der Waals surface area contributed by atoms with Gasteiger partial charge >= 0.3 is 6.18 Å². The average Bonchev–Trinajstić information content (AvgIpc) is 3.46. The van der Waals surface area contributed by atoms with Gasteiger partial charge in [-0.3, -0.25) is 4.79 Å². The minimum absolute atomic E-state index is 0.198. The number of benzene rings is 2. The van der Waals surface area contributed by atoms with E-state index in [-0.39, 0.29) is 12.5 Å². The Hall–Kier alpha value is -3.16. The molecule has 0 N–H and O–H groups in total. The maximum absolute atomic E-state index is 13.2. The van der Waals surface area contributed by atoms with Gasteiger partial charge in [-0.05, 0) is 60.7 Å². The van der Waals surface area contributed by atoms with Gasteiger partial charge in [0, 0.05) is 31.0 Å². The Kier molecular flexibility index (Phi) is 5.80. The van der Waals surface area contributed by atoms with Crippen LogP contribution in [0.3, 0.4) is 0 Å². The number of amides is 1. The van der Waals surface area contributed by atoms with E-state index in [1.165, 1.54) is 36.4 Å². The molecule has 4 rings (SSSR count). The van der Waals surface area contributed by atoms with Gasteiger partial charge in [-0.15, -0.1) is 0 Å². The minimum Gasteiger partial charge on any atom is -0.331 e. The lowest BCUT2D eigenvalue weighted by Gasteiger charge is -2.23. The number of carbonyl (C=O) groups is 1. The quantitative estimate of drug-likeness (QED) is 0.486. The van der Waals surface area contributed by atoms with E-state index in [0.29, 0.717) is 36.0 Å². The fraction of sp³-hybridized carbons (Fsp3) is 0.304. The summed E-state index contributed by atoms with van der Waals surface area (Å²) in [5, 5.41) is 0. The molecule has 1 heterocycles. The zero-order valence-corrected chi connectivity index (χ0v) is 16.6. The van der Waals surface area contributed by atoms with Crippen molar-refractivity contribution in [1.82, 2.24) is 14.5 Å². The van der Waals surface area contributed by atoms with Gasteiger partial charge in [-0.25, -0.2) is 9.37 Å². The summed E-state index contributed by atoms with van der Waals surface area (Å²) in [5.41, 5.74) is 0.413. The lowest BCUT2D eigenvalue weighted by Crippen LogP contribution is -2.33. The second kappa shape index (κ2) is 8.53. The van der Waals surface area contributed by atoms with Crippen LogP contribution < -0.4 is 0 Å². The van der Waals surface area contributed by atoms with Crippen molar-refractivity contribution < 1.29 is 22.4 Å². The SMILES string of the molecule is O=C(c1ccc(F)cc1)N(Cc1nccn1Cc1ccc(C(F)(F)F)cc1)CC1CC1. The maximum Gasteiger partial charge on any atom is 0.416 e. The van der Waals surface area contributed by atoms with Crippen LogP contribution in [0.2, 0.25) is 0 Å². The van der Waals surface area contributed by atoms with E-state index >= 15 is 0 Å². The Bertz CT molecular complexity index is 1040. The zero-order valence-electron chi connectivity index (χ0n) is 16.6. The molecule has 0 spiro atoms. The fourth-order valence-electron chi connectivity index (χ4n) is 3.41. The number of hydrogen-bond donors (Lipinski definition) is 0. The molecule has 1 saturated carbocycles. The number of halogens is 4. The summed E-state index contributed by atoms with van der Waals surface area (Å²) in [4.78, 5) is 19.1. The van der Waals surface area contributed by atoms with Crippen molar-refractivity contribution in [1.29, 1.82) is 0 Å². The topological polar surface area (TPSA) is 38.1 Å². The van der Waals surface area contributed by atoms with Crippen LogP contribution in [0, 0.1) is 11.7 Å². The van der Waals surface area contributed by atoms with Crippen molar-refractivity contribution in [3.05, 3.63) is 89.3 Å². The molecule has 2 aromatic carbocycles. The monoisotopic (exact) mass is 431 g/mol. The molecule has 0 radical (unpaired) electrons. The number of aromatic nitrogens is 2. The molecule has 1 aliphatic rings. The van der Waals surface area contributed by atoms with E-state index in [1.54, 1.807) is 17.3 Å². The van der Waals surface area contributed by atoms with E-state index in [9.17, 15) is 22.4 Å². The van der Waals surface area contributed by atoms with E-state index in [2.05, 4.69) is 4.98 Å². The van der Waals surface area contributed by atoms with Gasteiger partial charge in [-0.2, -0.15) is 13.2 Å². The summed E-state index contributed by atoms with van der Waals surface area (Å²) in [5.74, 6) is 0.479. The molecule has 31 heavy (non-hydrogen) atoms. The molecule has 0 bridgehead atoms. The molecule has 3 aromatic rings. The molecule has 0 unspecified atom stereocenters. The lowest BCUT2D eigenvalue weighted by atomic mass is 10.1. The van der Waals surface area contributed by atoms with Crippen molar-refractivity contribution in [2.75, 3.05) is 6.54 Å². The Labute approximate surface area is 177 Å². The zero-order chi connectivity index (χ0) is 22.0. The standard InChI is InChI=1S/C23H21F4N3O/c24-20-9-5-18(6-10-20)22(31)30(14-16-1-2-16)15-21-28-11-12-29(21)13-17-3-7-19(8-4-17)23(25,26)27/h3-12,16H,1-2,13-15H2. The van der Waals surface area contributed by atoms with Crippen molar-refractivity contribution in [3.8, 4) is 0 Å². The smallest absolute Gasteiger partial charge is 0.331 e. The summed E-state index contributed by atoms with van der Waals surface area (Å²) in [6.07, 6.45) is 1.10. The molecule has 162 valence electrons. The highest BCUT2D eigenvalue weighted by Crippen LogP contribution is 2.31. The van der Waals surface area contributed by atoms with Crippen LogP contribution in [0.15, 0.2) is 60.9 Å². The first-order valence-corrected chi connectivity index (χ1v) is 10.0. The Balaban J connectivity index is 1.50. The van der Waals surface area contributed by atoms with Gasteiger partial charge in [0.1, 0.15) is 11.6 Å². The normalized spacial score (nSPS) is 13.9. The largest absolute Gasteiger partial charge is 0.416 e. The number of nitrogens with zero attached hydrogens (tertiary/aromatic N) is 3. The van der Waals surface area contributed by atoms with Gasteiger partial charge in [0.2, 0.25) is 0 Å². The molecule has 1 fully saturated rings. The van der Waals surface area contributed by atoms with Crippen LogP contribution in [0.5, 0.6) is 0 Å². The fourth-order valence-corrected chi connectivity index (χ4v) is 3.41. The first-order valence-electron chi connectivity index (χ1n) is 10.0. The third-order valence-electron chi connectivity index (χ3n) is 5.32. The minimum atomic E-state index is -4.37. The molecule has 8 heteroatoms. The molecule has 0 atom stereocenters. The molecule has 4 nitrogen and oxygen atoms in total. The molecule has 1 amide bonds. The Morgan fingerprint density at radius 2 is 1.74 bits per heavy atom. The third-order valence-corrected chi connectivity index (χ3v) is 5.32. The van der Waals surface area contributed by atoms with Crippen LogP contribution in [0.25, 0.3) is 0 Å². The third kappa shape index (κ3) is 5.31. The predicted octanol–water partition coefficient (Wildman–Crippen LogP) is 5.14. The van der Waals surface area contributed by atoms with Gasteiger partial charge < -0.3 is 9.47 Å². The van der Waals surface area contributed by atoms with E-state index in [0.717, 1.165) is 25.0 Å². The molecule has 1 aliphatic carbocycles. The molecular weight excluding hydrogens is 410 g/mol. The van der Waals surface area contributed by atoms with Crippen LogP contribution >= 0.6 is 0 Å². The van der Waals surface area contributed by atoms with Gasteiger partial charge in [-0.1, -0.05) is 12.1 Å². The van der Waals surface area contributed by atoms with Gasteiger partial charge in [0.05, 0.1) is 12.1 Å². The summed E-state index contributed by atoms with van der Waals surface area (Å²) in [6, 6.07) is 10.4. The summed E-state index contributed by atoms with van der Waals surface area (Å²) in [6.45, 7) is 1.19. The Morgan fingerprint density at radius 3 is 2.35 bits per heavy atom. The highest BCUT2D eigenvalue weighted by molar-refractivity contribution is 5.94. The van der Waals surface area contributed by atoms with Crippen LogP contribution in [-0.2, 0) is 19.3 Å². The highest BCUT2D eigenvalue weighted by Gasteiger charge is 2.30. The number of hydrogen-bond acceptors (Lipinski definition) is 2. The van der Waals surface area contributed by atoms with Crippen LogP contribution in [0.4, 0.5) is 17.6 Å². The number of rotatable bonds is 7. The van der Waals surface area contributed by atoms with Crippen molar-refractivity contribution in [3.63, 3.8) is 0 Å². The summed E-state index contributed by atoms with van der Waals surface area (Å²) < 4.78 is 53.4. The average molecular weight is 431 g/mol. The second-order valence-electron chi connectivity index (χ2n) is 7.80. The lowest BCUT2D eigenvalue weighted by molar-refractivity contribution is -0.137. The highest BCUT2D eigenvalue weighted by atomic mass is 19.4. The van der Waals surface area contributed by atoms with Crippen molar-refractivity contribution in [2.24, 2.45) is 5.92 Å². The van der Waals surface area contributed by atoms with Crippen LogP contribution in [0.1, 0.15) is 40.2 Å². The molecule has 0 saturated heterocycles. The molecule has 0 aliphatic heterocycles. The van der Waals surface area contributed by atoms with E-state index in [4.69, 9.17) is 0 Å². The first kappa shape index (κ1) is 21.1. The van der Waals surface area contributed by atoms with Gasteiger partial charge in [0.15, 0.2) is 0 Å². The van der Waals surface area contributed by atoms with Crippen LogP contribution in [-0.4, -0.2) is 26.9 Å². The number of carbonyl (C=O) groups excluding carboxylic acids is 1. The Morgan fingerprint density at radius 1 is 1.06 bits per heavy atom. The van der Waals surface area contributed by atoms with Gasteiger partial charge in [0.25, 0.3) is 5.91 Å². The second-order valence-corrected chi connectivity index (χ2v) is 7.80. The number of alkyl halides is 3. The maximum atomic E-state index is 13.2. The summed E-state index contributed by atoms with van der Waals surface area (Å²) >= 11 is 0. The van der Waals surface area contributed by atoms with E-state index < -0.39 is 17.6 Å². The van der Waals surface area contributed by atoms with Crippen molar-refractivity contribution in [2.45, 2.75) is 32.1 Å².